The van der Waals surface area contributed by atoms with E-state index in [1.165, 1.54) is 11.8 Å². The van der Waals surface area contributed by atoms with Gasteiger partial charge in [0.1, 0.15) is 11.6 Å². The van der Waals surface area contributed by atoms with Gasteiger partial charge in [-0.3, -0.25) is 14.2 Å². The molecule has 8 nitrogen and oxygen atoms in total. The molecule has 9 heteroatoms. The van der Waals surface area contributed by atoms with E-state index in [9.17, 15) is 9.59 Å². The van der Waals surface area contributed by atoms with Crippen molar-refractivity contribution in [1.82, 2.24) is 14.8 Å². The molecule has 0 radical (unpaired) electrons. The zero-order valence-electron chi connectivity index (χ0n) is 19.7. The number of rotatable bonds is 9. The maximum absolute atomic E-state index is 12.6. The summed E-state index contributed by atoms with van der Waals surface area (Å²) in [5.41, 5.74) is 2.77. The molecule has 1 aliphatic rings. The molecule has 1 aromatic heterocycles. The van der Waals surface area contributed by atoms with Gasteiger partial charge >= 0.3 is 0 Å². The molecular formula is C27H25N5O3S. The number of thioether (sulfide) groups is 1. The second kappa shape index (κ2) is 10.7. The van der Waals surface area contributed by atoms with Crippen molar-refractivity contribution < 1.29 is 14.3 Å². The number of carbonyl (C=O) groups excluding carboxylic acids is 2. The van der Waals surface area contributed by atoms with Crippen LogP contribution in [0.25, 0.3) is 5.69 Å². The van der Waals surface area contributed by atoms with Crippen LogP contribution in [0, 0.1) is 0 Å². The van der Waals surface area contributed by atoms with E-state index in [0.29, 0.717) is 28.0 Å². The van der Waals surface area contributed by atoms with Gasteiger partial charge in [-0.05, 0) is 73.5 Å². The predicted octanol–water partition coefficient (Wildman–Crippen LogP) is 5.14. The number of hydrogen-bond donors (Lipinski definition) is 2. The first-order chi connectivity index (χ1) is 17.6. The van der Waals surface area contributed by atoms with Crippen LogP contribution in [0.15, 0.2) is 84.0 Å². The summed E-state index contributed by atoms with van der Waals surface area (Å²) in [5, 5.41) is 15.2. The average molecular weight is 500 g/mol. The summed E-state index contributed by atoms with van der Waals surface area (Å²) in [4.78, 5) is 25.1. The third kappa shape index (κ3) is 5.58. The number of anilines is 2. The molecule has 0 atom stereocenters. The van der Waals surface area contributed by atoms with E-state index in [4.69, 9.17) is 4.74 Å². The van der Waals surface area contributed by atoms with Gasteiger partial charge in [-0.2, -0.15) is 0 Å². The lowest BCUT2D eigenvalue weighted by molar-refractivity contribution is -0.113. The summed E-state index contributed by atoms with van der Waals surface area (Å²) in [6.45, 7) is 0. The Morgan fingerprint density at radius 2 is 1.58 bits per heavy atom. The molecular weight excluding hydrogens is 474 g/mol. The molecule has 0 spiro atoms. The number of benzene rings is 3. The lowest BCUT2D eigenvalue weighted by Crippen LogP contribution is -2.15. The minimum atomic E-state index is -0.236. The van der Waals surface area contributed by atoms with Crippen molar-refractivity contribution >= 4 is 35.0 Å². The van der Waals surface area contributed by atoms with Crippen molar-refractivity contribution in [2.24, 2.45) is 0 Å². The third-order valence-electron chi connectivity index (χ3n) is 5.73. The van der Waals surface area contributed by atoms with Crippen LogP contribution in [0.5, 0.6) is 5.75 Å². The van der Waals surface area contributed by atoms with E-state index in [1.54, 1.807) is 55.6 Å². The number of methoxy groups -OCH3 is 1. The first-order valence-corrected chi connectivity index (χ1v) is 12.6. The van der Waals surface area contributed by atoms with Crippen molar-refractivity contribution in [1.29, 1.82) is 0 Å². The van der Waals surface area contributed by atoms with Crippen molar-refractivity contribution in [2.75, 3.05) is 23.5 Å². The molecule has 0 aliphatic heterocycles. The molecule has 182 valence electrons. The van der Waals surface area contributed by atoms with Crippen LogP contribution in [-0.4, -0.2) is 39.4 Å². The topological polar surface area (TPSA) is 98.1 Å². The lowest BCUT2D eigenvalue weighted by Gasteiger charge is -2.10. The standard InChI is InChI=1S/C27H25N5O3S/c1-35-23-15-13-21(14-16-23)29-26(34)19-9-11-20(12-10-19)28-24(33)17-36-27-31-30-25(18-7-8-18)32(27)22-5-3-2-4-6-22/h2-6,9-16,18H,7-8,17H2,1H3,(H,28,33)(H,29,34). The van der Waals surface area contributed by atoms with Crippen LogP contribution in [0.2, 0.25) is 0 Å². The Hall–Kier alpha value is -4.11. The van der Waals surface area contributed by atoms with Gasteiger partial charge in [0.2, 0.25) is 5.91 Å². The number of para-hydroxylation sites is 1. The summed E-state index contributed by atoms with van der Waals surface area (Å²) in [5.74, 6) is 1.89. The normalized spacial score (nSPS) is 12.7. The van der Waals surface area contributed by atoms with Gasteiger partial charge in [-0.1, -0.05) is 30.0 Å². The third-order valence-corrected chi connectivity index (χ3v) is 6.66. The molecule has 5 rings (SSSR count). The molecule has 3 aromatic carbocycles. The van der Waals surface area contributed by atoms with Crippen LogP contribution in [0.1, 0.15) is 34.9 Å². The van der Waals surface area contributed by atoms with E-state index in [2.05, 4.69) is 20.8 Å². The number of nitrogens with zero attached hydrogens (tertiary/aromatic N) is 3. The second-order valence-electron chi connectivity index (χ2n) is 8.38. The van der Waals surface area contributed by atoms with Gasteiger partial charge in [0.25, 0.3) is 5.91 Å². The number of hydrogen-bond acceptors (Lipinski definition) is 6. The van der Waals surface area contributed by atoms with E-state index < -0.39 is 0 Å². The smallest absolute Gasteiger partial charge is 0.255 e. The van der Waals surface area contributed by atoms with Crippen LogP contribution < -0.4 is 15.4 Å². The van der Waals surface area contributed by atoms with Crippen LogP contribution in [0.3, 0.4) is 0 Å². The van der Waals surface area contributed by atoms with Gasteiger partial charge < -0.3 is 15.4 Å². The number of nitrogens with one attached hydrogen (secondary N) is 2. The first-order valence-electron chi connectivity index (χ1n) is 11.6. The Labute approximate surface area is 213 Å². The van der Waals surface area contributed by atoms with Gasteiger partial charge in [-0.15, -0.1) is 10.2 Å². The summed E-state index contributed by atoms with van der Waals surface area (Å²) < 4.78 is 7.18. The molecule has 1 fully saturated rings. The Morgan fingerprint density at radius 3 is 2.25 bits per heavy atom. The van der Waals surface area contributed by atoms with Crippen LogP contribution in [0.4, 0.5) is 11.4 Å². The molecule has 0 unspecified atom stereocenters. The first kappa shape index (κ1) is 23.6. The highest BCUT2D eigenvalue weighted by molar-refractivity contribution is 7.99. The Kier molecular flexibility index (Phi) is 6.99. The zero-order valence-corrected chi connectivity index (χ0v) is 20.5. The van der Waals surface area contributed by atoms with E-state index in [1.807, 2.05) is 34.9 Å². The Bertz CT molecular complexity index is 1350. The highest BCUT2D eigenvalue weighted by Gasteiger charge is 2.31. The summed E-state index contributed by atoms with van der Waals surface area (Å²) in [7, 11) is 1.59. The zero-order chi connectivity index (χ0) is 24.9. The molecule has 1 heterocycles. The molecule has 4 aromatic rings. The summed E-state index contributed by atoms with van der Waals surface area (Å²) in [6, 6.07) is 23.9. The minimum Gasteiger partial charge on any atom is -0.497 e. The fourth-order valence-electron chi connectivity index (χ4n) is 3.71. The molecule has 2 amide bonds. The molecule has 36 heavy (non-hydrogen) atoms. The van der Waals surface area contributed by atoms with E-state index in [0.717, 1.165) is 30.1 Å². The van der Waals surface area contributed by atoms with Crippen molar-refractivity contribution in [2.45, 2.75) is 23.9 Å². The van der Waals surface area contributed by atoms with Crippen molar-refractivity contribution in [3.8, 4) is 11.4 Å². The molecule has 2 N–H and O–H groups in total. The van der Waals surface area contributed by atoms with Crippen LogP contribution in [-0.2, 0) is 4.79 Å². The Balaban J connectivity index is 1.18. The molecule has 0 bridgehead atoms. The monoisotopic (exact) mass is 499 g/mol. The fraction of sp³-hybridized carbons (Fsp3) is 0.185. The number of amides is 2. The van der Waals surface area contributed by atoms with E-state index in [-0.39, 0.29) is 17.6 Å². The summed E-state index contributed by atoms with van der Waals surface area (Å²) in [6.07, 6.45) is 2.23. The maximum atomic E-state index is 12.6. The minimum absolute atomic E-state index is 0.161. The van der Waals surface area contributed by atoms with Crippen molar-refractivity contribution in [3.05, 3.63) is 90.3 Å². The van der Waals surface area contributed by atoms with Gasteiger partial charge in [-0.25, -0.2) is 0 Å². The van der Waals surface area contributed by atoms with Gasteiger partial charge in [0, 0.05) is 28.5 Å². The van der Waals surface area contributed by atoms with Gasteiger partial charge in [0.15, 0.2) is 5.16 Å². The van der Waals surface area contributed by atoms with Crippen LogP contribution >= 0.6 is 11.8 Å². The molecule has 0 saturated heterocycles. The highest BCUT2D eigenvalue weighted by Crippen LogP contribution is 2.41. The van der Waals surface area contributed by atoms with Gasteiger partial charge in [0.05, 0.1) is 12.9 Å². The highest BCUT2D eigenvalue weighted by atomic mass is 32.2. The quantitative estimate of drug-likeness (QED) is 0.310. The number of carbonyl (C=O) groups is 2. The number of ether oxygens (including phenoxy) is 1. The van der Waals surface area contributed by atoms with E-state index >= 15 is 0 Å². The predicted molar refractivity (Wildman–Crippen MR) is 140 cm³/mol. The largest absolute Gasteiger partial charge is 0.497 e. The molecule has 1 aliphatic carbocycles. The lowest BCUT2D eigenvalue weighted by atomic mass is 10.2. The second-order valence-corrected chi connectivity index (χ2v) is 9.33. The average Bonchev–Trinajstić information content (AvgIpc) is 3.67. The Morgan fingerprint density at radius 1 is 0.917 bits per heavy atom. The number of aromatic nitrogens is 3. The SMILES string of the molecule is COc1ccc(NC(=O)c2ccc(NC(=O)CSc3nnc(C4CC4)n3-c3ccccc3)cc2)cc1. The fourth-order valence-corrected chi connectivity index (χ4v) is 4.47. The van der Waals surface area contributed by atoms with Crippen molar-refractivity contribution in [3.63, 3.8) is 0 Å². The molecule has 1 saturated carbocycles. The maximum Gasteiger partial charge on any atom is 0.255 e. The summed E-state index contributed by atoms with van der Waals surface area (Å²) >= 11 is 1.35.